The minimum absolute atomic E-state index is 0.142. The molecular formula is C17H26N4O. The van der Waals surface area contributed by atoms with E-state index in [-0.39, 0.29) is 11.6 Å². The number of nitrogens with zero attached hydrogens (tertiary/aromatic N) is 4. The van der Waals surface area contributed by atoms with Crippen LogP contribution < -0.4 is 0 Å². The summed E-state index contributed by atoms with van der Waals surface area (Å²) in [5, 5.41) is 9.79. The molecule has 0 amide bonds. The lowest BCUT2D eigenvalue weighted by atomic mass is 9.79. The van der Waals surface area contributed by atoms with Crippen molar-refractivity contribution in [3.05, 3.63) is 18.2 Å². The Balaban J connectivity index is 1.80. The number of likely N-dealkylation sites (tertiary alicyclic amines) is 1. The van der Waals surface area contributed by atoms with Crippen LogP contribution in [0.2, 0.25) is 0 Å². The summed E-state index contributed by atoms with van der Waals surface area (Å²) in [6, 6.07) is 2.80. The summed E-state index contributed by atoms with van der Waals surface area (Å²) in [6.07, 6.45) is 9.26. The number of imidazole rings is 1. The summed E-state index contributed by atoms with van der Waals surface area (Å²) in [5.74, 6) is 0. The summed E-state index contributed by atoms with van der Waals surface area (Å²) >= 11 is 0. The fraction of sp³-hybridized carbons (Fsp3) is 0.765. The van der Waals surface area contributed by atoms with Crippen LogP contribution in [-0.2, 0) is 11.3 Å². The van der Waals surface area contributed by atoms with Crippen LogP contribution in [0.3, 0.4) is 0 Å². The second-order valence-electron chi connectivity index (χ2n) is 6.86. The van der Waals surface area contributed by atoms with Gasteiger partial charge in [-0.1, -0.05) is 0 Å². The highest BCUT2D eigenvalue weighted by Crippen LogP contribution is 2.38. The second kappa shape index (κ2) is 6.39. The highest BCUT2D eigenvalue weighted by molar-refractivity contribution is 5.12. The van der Waals surface area contributed by atoms with Crippen molar-refractivity contribution in [2.75, 3.05) is 13.2 Å². The van der Waals surface area contributed by atoms with Crippen LogP contribution >= 0.6 is 0 Å². The van der Waals surface area contributed by atoms with Gasteiger partial charge >= 0.3 is 0 Å². The van der Waals surface area contributed by atoms with Crippen molar-refractivity contribution in [2.24, 2.45) is 0 Å². The Bertz CT molecular complexity index is 534. The Morgan fingerprint density at radius 3 is 2.91 bits per heavy atom. The number of ether oxygens (including phenoxy) is 1. The molecule has 2 aliphatic rings. The van der Waals surface area contributed by atoms with Gasteiger partial charge in [0.1, 0.15) is 6.04 Å². The van der Waals surface area contributed by atoms with Gasteiger partial charge in [-0.25, -0.2) is 4.98 Å². The van der Waals surface area contributed by atoms with E-state index in [1.54, 1.807) is 0 Å². The zero-order valence-corrected chi connectivity index (χ0v) is 13.7. The van der Waals surface area contributed by atoms with Crippen molar-refractivity contribution in [1.29, 1.82) is 5.26 Å². The van der Waals surface area contributed by atoms with Crippen molar-refractivity contribution in [3.63, 3.8) is 0 Å². The third-order valence-corrected chi connectivity index (χ3v) is 5.08. The maximum absolute atomic E-state index is 9.79. The number of rotatable bonds is 3. The van der Waals surface area contributed by atoms with Crippen molar-refractivity contribution < 1.29 is 4.74 Å². The average molecular weight is 302 g/mol. The first-order valence-corrected chi connectivity index (χ1v) is 8.44. The van der Waals surface area contributed by atoms with Crippen molar-refractivity contribution >= 4 is 0 Å². The molecule has 22 heavy (non-hydrogen) atoms. The molecule has 3 rings (SSSR count). The van der Waals surface area contributed by atoms with Gasteiger partial charge in [-0.3, -0.25) is 4.90 Å². The Hall–Kier alpha value is -1.38. The normalized spacial score (nSPS) is 29.8. The van der Waals surface area contributed by atoms with Crippen LogP contribution in [0.4, 0.5) is 0 Å². The fourth-order valence-electron chi connectivity index (χ4n) is 3.96. The Labute approximate surface area is 132 Å². The first kappa shape index (κ1) is 15.5. The molecule has 2 atom stereocenters. The van der Waals surface area contributed by atoms with Gasteiger partial charge in [-0.05, 0) is 46.0 Å². The number of piperidine rings is 1. The maximum atomic E-state index is 9.79. The monoisotopic (exact) mass is 302 g/mol. The van der Waals surface area contributed by atoms with Gasteiger partial charge in [0, 0.05) is 31.9 Å². The van der Waals surface area contributed by atoms with E-state index in [1.807, 2.05) is 12.5 Å². The van der Waals surface area contributed by atoms with Crippen molar-refractivity contribution in [3.8, 4) is 6.07 Å². The van der Waals surface area contributed by atoms with Gasteiger partial charge < -0.3 is 9.30 Å². The molecule has 2 aliphatic heterocycles. The molecule has 1 aromatic rings. The Morgan fingerprint density at radius 1 is 1.41 bits per heavy atom. The first-order chi connectivity index (χ1) is 10.7. The summed E-state index contributed by atoms with van der Waals surface area (Å²) in [7, 11) is 0. The summed E-state index contributed by atoms with van der Waals surface area (Å²) in [6.45, 7) is 6.87. The van der Waals surface area contributed by atoms with Crippen molar-refractivity contribution in [1.82, 2.24) is 14.5 Å². The molecule has 0 saturated carbocycles. The van der Waals surface area contributed by atoms with Gasteiger partial charge in [-0.2, -0.15) is 5.26 Å². The van der Waals surface area contributed by atoms with Crippen LogP contribution in [0.15, 0.2) is 12.5 Å². The van der Waals surface area contributed by atoms with Crippen LogP contribution in [0.5, 0.6) is 0 Å². The standard InChI is InChI=1S/C17H26N4O/c1-14(2)21-13-19-11-15(21)12-20-8-5-7-17(16(20)10-18)6-3-4-9-22-17/h11,13-14,16H,3-9,12H2,1-2H3/t16-,17+/m0/s1. The lowest BCUT2D eigenvalue weighted by Gasteiger charge is -2.48. The van der Waals surface area contributed by atoms with Gasteiger partial charge in [0.05, 0.1) is 23.7 Å². The molecule has 5 heteroatoms. The Morgan fingerprint density at radius 2 is 2.23 bits per heavy atom. The minimum Gasteiger partial charge on any atom is -0.372 e. The molecule has 2 fully saturated rings. The molecular weight excluding hydrogens is 276 g/mol. The number of aromatic nitrogens is 2. The molecule has 120 valence electrons. The SMILES string of the molecule is CC(C)n1cncc1CN1CCC[C@]2(CCCCO2)[C@@H]1C#N. The van der Waals surface area contributed by atoms with E-state index in [4.69, 9.17) is 4.74 Å². The molecule has 3 heterocycles. The molecule has 0 unspecified atom stereocenters. The predicted octanol–water partition coefficient (Wildman–Crippen LogP) is 2.89. The average Bonchev–Trinajstić information content (AvgIpc) is 2.97. The number of hydrogen-bond donors (Lipinski definition) is 0. The smallest absolute Gasteiger partial charge is 0.127 e. The van der Waals surface area contributed by atoms with Gasteiger partial charge in [0.2, 0.25) is 0 Å². The molecule has 1 spiro atoms. The predicted molar refractivity (Wildman–Crippen MR) is 84.2 cm³/mol. The minimum atomic E-state index is -0.242. The van der Waals surface area contributed by atoms with Gasteiger partial charge in [-0.15, -0.1) is 0 Å². The number of nitriles is 1. The van der Waals surface area contributed by atoms with E-state index in [1.165, 1.54) is 12.1 Å². The topological polar surface area (TPSA) is 54.1 Å². The van der Waals surface area contributed by atoms with Crippen LogP contribution in [-0.4, -0.2) is 39.2 Å². The molecule has 5 nitrogen and oxygen atoms in total. The van der Waals surface area contributed by atoms with E-state index in [2.05, 4.69) is 34.4 Å². The molecule has 0 aromatic carbocycles. The second-order valence-corrected chi connectivity index (χ2v) is 6.86. The lowest BCUT2D eigenvalue weighted by molar-refractivity contribution is -0.138. The lowest BCUT2D eigenvalue weighted by Crippen LogP contribution is -2.58. The van der Waals surface area contributed by atoms with E-state index in [0.29, 0.717) is 6.04 Å². The first-order valence-electron chi connectivity index (χ1n) is 8.44. The van der Waals surface area contributed by atoms with E-state index in [0.717, 1.165) is 45.4 Å². The van der Waals surface area contributed by atoms with E-state index in [9.17, 15) is 5.26 Å². The van der Waals surface area contributed by atoms with E-state index < -0.39 is 0 Å². The molecule has 0 bridgehead atoms. The summed E-state index contributed by atoms with van der Waals surface area (Å²) in [4.78, 5) is 6.58. The van der Waals surface area contributed by atoms with Crippen LogP contribution in [0, 0.1) is 11.3 Å². The summed E-state index contributed by atoms with van der Waals surface area (Å²) < 4.78 is 8.34. The quantitative estimate of drug-likeness (QED) is 0.861. The molecule has 0 N–H and O–H groups in total. The summed E-state index contributed by atoms with van der Waals surface area (Å²) in [5.41, 5.74) is 0.941. The molecule has 0 radical (unpaired) electrons. The zero-order chi connectivity index (χ0) is 15.6. The molecule has 1 aromatic heterocycles. The molecule has 2 saturated heterocycles. The van der Waals surface area contributed by atoms with Crippen LogP contribution in [0.25, 0.3) is 0 Å². The van der Waals surface area contributed by atoms with E-state index >= 15 is 0 Å². The third-order valence-electron chi connectivity index (χ3n) is 5.08. The largest absolute Gasteiger partial charge is 0.372 e. The third kappa shape index (κ3) is 2.78. The van der Waals surface area contributed by atoms with Crippen LogP contribution in [0.1, 0.15) is 57.7 Å². The molecule has 0 aliphatic carbocycles. The number of hydrogen-bond acceptors (Lipinski definition) is 4. The maximum Gasteiger partial charge on any atom is 0.127 e. The van der Waals surface area contributed by atoms with Crippen molar-refractivity contribution in [2.45, 2.75) is 70.2 Å². The zero-order valence-electron chi connectivity index (χ0n) is 13.7. The van der Waals surface area contributed by atoms with Gasteiger partial charge in [0.25, 0.3) is 0 Å². The highest BCUT2D eigenvalue weighted by Gasteiger charge is 2.47. The Kier molecular flexibility index (Phi) is 4.51. The fourth-order valence-corrected chi connectivity index (χ4v) is 3.96. The van der Waals surface area contributed by atoms with Gasteiger partial charge in [0.15, 0.2) is 0 Å². The highest BCUT2D eigenvalue weighted by atomic mass is 16.5.